The summed E-state index contributed by atoms with van der Waals surface area (Å²) < 4.78 is 10.8. The Hall–Kier alpha value is -3.06. The second-order valence-corrected chi connectivity index (χ2v) is 6.73. The first-order valence-electron chi connectivity index (χ1n) is 8.45. The van der Waals surface area contributed by atoms with Crippen LogP contribution in [0.3, 0.4) is 0 Å². The van der Waals surface area contributed by atoms with Crippen LogP contribution in [0.5, 0.6) is 11.5 Å². The number of aromatic nitrogens is 1. The van der Waals surface area contributed by atoms with Crippen molar-refractivity contribution in [3.63, 3.8) is 0 Å². The van der Waals surface area contributed by atoms with E-state index < -0.39 is 5.97 Å². The quantitative estimate of drug-likeness (QED) is 0.591. The average molecular weight is 384 g/mol. The van der Waals surface area contributed by atoms with Crippen molar-refractivity contribution in [3.8, 4) is 22.8 Å². The van der Waals surface area contributed by atoms with Crippen LogP contribution in [-0.2, 0) is 11.2 Å². The van der Waals surface area contributed by atoms with E-state index in [4.69, 9.17) is 9.47 Å². The van der Waals surface area contributed by atoms with Gasteiger partial charge in [0.15, 0.2) is 5.13 Å². The van der Waals surface area contributed by atoms with Gasteiger partial charge in [0.1, 0.15) is 11.5 Å². The topological polar surface area (TPSA) is 80.7 Å². The van der Waals surface area contributed by atoms with Crippen LogP contribution in [0.4, 0.5) is 10.8 Å². The number of hydrogen-bond donors (Lipinski definition) is 2. The van der Waals surface area contributed by atoms with Gasteiger partial charge in [0, 0.05) is 10.4 Å². The number of anilines is 2. The Balaban J connectivity index is 1.95. The predicted octanol–water partition coefficient (Wildman–Crippen LogP) is 4.59. The third kappa shape index (κ3) is 4.57. The van der Waals surface area contributed by atoms with Gasteiger partial charge >= 0.3 is 5.97 Å². The lowest BCUT2D eigenvalue weighted by atomic mass is 10.1. The summed E-state index contributed by atoms with van der Waals surface area (Å²) in [6.45, 7) is 2.48. The molecule has 0 aliphatic carbocycles. The molecule has 0 aliphatic heterocycles. The van der Waals surface area contributed by atoms with E-state index in [-0.39, 0.29) is 6.42 Å². The summed E-state index contributed by atoms with van der Waals surface area (Å²) in [4.78, 5) is 16.6. The highest BCUT2D eigenvalue weighted by atomic mass is 32.1. The fraction of sp³-hybridized carbons (Fsp3) is 0.200. The normalized spacial score (nSPS) is 10.4. The van der Waals surface area contributed by atoms with Crippen LogP contribution in [0.1, 0.15) is 11.8 Å². The Labute approximate surface area is 161 Å². The zero-order valence-electron chi connectivity index (χ0n) is 15.1. The van der Waals surface area contributed by atoms with Gasteiger partial charge < -0.3 is 19.9 Å². The molecule has 2 aromatic carbocycles. The predicted molar refractivity (Wildman–Crippen MR) is 106 cm³/mol. The Bertz CT molecular complexity index is 922. The molecule has 0 amide bonds. The molecule has 27 heavy (non-hydrogen) atoms. The zero-order valence-corrected chi connectivity index (χ0v) is 15.9. The highest BCUT2D eigenvalue weighted by molar-refractivity contribution is 7.16. The maximum atomic E-state index is 11.3. The van der Waals surface area contributed by atoms with Gasteiger partial charge in [-0.3, -0.25) is 4.79 Å². The van der Waals surface area contributed by atoms with Gasteiger partial charge in [0.25, 0.3) is 0 Å². The Kier molecular flexibility index (Phi) is 5.93. The van der Waals surface area contributed by atoms with Crippen LogP contribution >= 0.6 is 11.3 Å². The maximum absolute atomic E-state index is 11.3. The molecule has 0 bridgehead atoms. The van der Waals surface area contributed by atoms with Gasteiger partial charge in [0.2, 0.25) is 0 Å². The zero-order chi connectivity index (χ0) is 19.2. The highest BCUT2D eigenvalue weighted by Crippen LogP contribution is 2.35. The number of rotatable bonds is 8. The molecular formula is C20H20N2O4S. The van der Waals surface area contributed by atoms with Crippen molar-refractivity contribution in [2.24, 2.45) is 0 Å². The lowest BCUT2D eigenvalue weighted by Gasteiger charge is -2.09. The van der Waals surface area contributed by atoms with Gasteiger partial charge in [-0.15, -0.1) is 11.3 Å². The van der Waals surface area contributed by atoms with E-state index in [0.29, 0.717) is 22.3 Å². The number of hydrogen-bond acceptors (Lipinski definition) is 6. The lowest BCUT2D eigenvalue weighted by molar-refractivity contribution is -0.136. The minimum absolute atomic E-state index is 0.0895. The summed E-state index contributed by atoms with van der Waals surface area (Å²) >= 11 is 1.32. The van der Waals surface area contributed by atoms with Gasteiger partial charge in [-0.1, -0.05) is 12.1 Å². The molecule has 0 fully saturated rings. The molecule has 6 nitrogen and oxygen atoms in total. The van der Waals surface area contributed by atoms with Crippen LogP contribution in [0.25, 0.3) is 11.3 Å². The van der Waals surface area contributed by atoms with Gasteiger partial charge in [-0.2, -0.15) is 0 Å². The first-order chi connectivity index (χ1) is 13.1. The molecule has 3 aromatic rings. The van der Waals surface area contributed by atoms with E-state index in [1.165, 1.54) is 11.3 Å². The van der Waals surface area contributed by atoms with Gasteiger partial charge in [0.05, 0.1) is 31.5 Å². The van der Waals surface area contributed by atoms with Crippen LogP contribution in [0.2, 0.25) is 0 Å². The molecule has 1 heterocycles. The molecule has 0 atom stereocenters. The molecule has 0 saturated heterocycles. The molecular weight excluding hydrogens is 364 g/mol. The van der Waals surface area contributed by atoms with Crippen molar-refractivity contribution in [2.45, 2.75) is 13.3 Å². The lowest BCUT2D eigenvalue weighted by Crippen LogP contribution is -1.99. The fourth-order valence-corrected chi connectivity index (χ4v) is 3.59. The standard InChI is InChI=1S/C20H20N2O4S/c1-3-26-16-7-5-4-6-15(16)21-20-22-19(17(27-20)12-18(23)24)13-8-10-14(25-2)11-9-13/h4-11H,3,12H2,1-2H3,(H,21,22)(H,23,24). The Morgan fingerprint density at radius 2 is 1.93 bits per heavy atom. The molecule has 140 valence electrons. The number of para-hydroxylation sites is 2. The summed E-state index contributed by atoms with van der Waals surface area (Å²) in [6.07, 6.45) is -0.0895. The SMILES string of the molecule is CCOc1ccccc1Nc1nc(-c2ccc(OC)cc2)c(CC(=O)O)s1. The Morgan fingerprint density at radius 1 is 1.19 bits per heavy atom. The first-order valence-corrected chi connectivity index (χ1v) is 9.27. The second kappa shape index (κ2) is 8.55. The molecule has 0 saturated carbocycles. The number of carboxylic acid groups (broad SMARTS) is 1. The Morgan fingerprint density at radius 3 is 2.59 bits per heavy atom. The van der Waals surface area contributed by atoms with Crippen molar-refractivity contribution < 1.29 is 19.4 Å². The van der Waals surface area contributed by atoms with Gasteiger partial charge in [-0.25, -0.2) is 4.98 Å². The first kappa shape index (κ1) is 18.7. The summed E-state index contributed by atoms with van der Waals surface area (Å²) in [6, 6.07) is 15.0. The second-order valence-electron chi connectivity index (χ2n) is 5.64. The number of aliphatic carboxylic acids is 1. The van der Waals surface area contributed by atoms with Crippen molar-refractivity contribution in [1.29, 1.82) is 0 Å². The van der Waals surface area contributed by atoms with Crippen molar-refractivity contribution in [2.75, 3.05) is 19.0 Å². The van der Waals surface area contributed by atoms with Crippen LogP contribution in [0, 0.1) is 0 Å². The number of carboxylic acids is 1. The van der Waals surface area contributed by atoms with Crippen molar-refractivity contribution in [3.05, 3.63) is 53.4 Å². The van der Waals surface area contributed by atoms with E-state index in [1.807, 2.05) is 55.5 Å². The number of benzene rings is 2. The number of nitrogens with zero attached hydrogens (tertiary/aromatic N) is 1. The summed E-state index contributed by atoms with van der Waals surface area (Å²) in [5.74, 6) is 0.563. The monoisotopic (exact) mass is 384 g/mol. The number of thiazole rings is 1. The molecule has 2 N–H and O–H groups in total. The maximum Gasteiger partial charge on any atom is 0.308 e. The third-order valence-corrected chi connectivity index (χ3v) is 4.77. The number of ether oxygens (including phenoxy) is 2. The summed E-state index contributed by atoms with van der Waals surface area (Å²) in [7, 11) is 1.60. The molecule has 0 radical (unpaired) electrons. The van der Waals surface area contributed by atoms with E-state index in [2.05, 4.69) is 10.3 Å². The number of nitrogens with one attached hydrogen (secondary N) is 1. The fourth-order valence-electron chi connectivity index (χ4n) is 2.60. The van der Waals surface area contributed by atoms with Crippen LogP contribution in [0.15, 0.2) is 48.5 Å². The number of carbonyl (C=O) groups is 1. The average Bonchev–Trinajstić information content (AvgIpc) is 3.05. The van der Waals surface area contributed by atoms with E-state index in [9.17, 15) is 9.90 Å². The summed E-state index contributed by atoms with van der Waals surface area (Å²) in [5.41, 5.74) is 2.28. The summed E-state index contributed by atoms with van der Waals surface area (Å²) in [5, 5.41) is 13.1. The smallest absolute Gasteiger partial charge is 0.308 e. The molecule has 0 unspecified atom stereocenters. The van der Waals surface area contributed by atoms with Crippen LogP contribution < -0.4 is 14.8 Å². The molecule has 0 aliphatic rings. The highest BCUT2D eigenvalue weighted by Gasteiger charge is 2.17. The molecule has 3 rings (SSSR count). The van der Waals surface area contributed by atoms with Crippen molar-refractivity contribution in [1.82, 2.24) is 4.98 Å². The van der Waals surface area contributed by atoms with E-state index in [0.717, 1.165) is 22.7 Å². The largest absolute Gasteiger partial charge is 0.497 e. The van der Waals surface area contributed by atoms with Crippen LogP contribution in [-0.4, -0.2) is 29.8 Å². The number of methoxy groups -OCH3 is 1. The minimum atomic E-state index is -0.894. The van der Waals surface area contributed by atoms with Crippen molar-refractivity contribution >= 4 is 28.1 Å². The molecule has 1 aromatic heterocycles. The molecule has 7 heteroatoms. The van der Waals surface area contributed by atoms with E-state index >= 15 is 0 Å². The minimum Gasteiger partial charge on any atom is -0.497 e. The van der Waals surface area contributed by atoms with Gasteiger partial charge in [-0.05, 0) is 43.3 Å². The molecule has 0 spiro atoms. The third-order valence-electron chi connectivity index (χ3n) is 3.80. The van der Waals surface area contributed by atoms with E-state index in [1.54, 1.807) is 7.11 Å².